The summed E-state index contributed by atoms with van der Waals surface area (Å²) in [5, 5.41) is 3.82. The van der Waals surface area contributed by atoms with Gasteiger partial charge in [0.15, 0.2) is 5.76 Å². The van der Waals surface area contributed by atoms with Gasteiger partial charge in [0.05, 0.1) is 17.2 Å². The number of rotatable bonds is 7. The molecule has 1 aromatic carbocycles. The first-order valence-corrected chi connectivity index (χ1v) is 12.2. The van der Waals surface area contributed by atoms with E-state index in [1.807, 2.05) is 6.07 Å². The van der Waals surface area contributed by atoms with E-state index in [1.54, 1.807) is 31.2 Å². The van der Waals surface area contributed by atoms with Gasteiger partial charge in [-0.3, -0.25) is 4.79 Å². The van der Waals surface area contributed by atoms with Gasteiger partial charge in [-0.15, -0.1) is 11.3 Å². The van der Waals surface area contributed by atoms with Gasteiger partial charge in [-0.2, -0.15) is 0 Å². The van der Waals surface area contributed by atoms with Gasteiger partial charge in [0.2, 0.25) is 0 Å². The van der Waals surface area contributed by atoms with Crippen molar-refractivity contribution in [1.82, 2.24) is 0 Å². The molecule has 4 rings (SSSR count). The molecule has 1 aliphatic rings. The van der Waals surface area contributed by atoms with Crippen LogP contribution in [0.1, 0.15) is 56.9 Å². The quantitative estimate of drug-likeness (QED) is 0.341. The van der Waals surface area contributed by atoms with Crippen LogP contribution >= 0.6 is 38.9 Å². The molecule has 1 N–H and O–H groups in total. The highest BCUT2D eigenvalue weighted by Gasteiger charge is 2.28. The lowest BCUT2D eigenvalue weighted by Crippen LogP contribution is -2.15. The van der Waals surface area contributed by atoms with Crippen LogP contribution in [0.4, 0.5) is 5.00 Å². The summed E-state index contributed by atoms with van der Waals surface area (Å²) < 4.78 is 17.4. The molecule has 0 aliphatic heterocycles. The minimum Gasteiger partial charge on any atom is -0.484 e. The summed E-state index contributed by atoms with van der Waals surface area (Å²) in [6.45, 7) is 2.17. The maximum atomic E-state index is 12.8. The van der Waals surface area contributed by atoms with Crippen LogP contribution in [-0.2, 0) is 24.2 Å². The van der Waals surface area contributed by atoms with Gasteiger partial charge < -0.3 is 19.2 Å². The van der Waals surface area contributed by atoms with Crippen LogP contribution in [-0.4, -0.2) is 18.5 Å². The van der Waals surface area contributed by atoms with Crippen LogP contribution < -0.4 is 10.1 Å². The molecule has 0 bridgehead atoms. The fraction of sp³-hybridized carbons (Fsp3) is 0.304. The number of furan rings is 1. The molecule has 0 radical (unpaired) electrons. The largest absolute Gasteiger partial charge is 0.484 e. The van der Waals surface area contributed by atoms with Crippen LogP contribution in [0.5, 0.6) is 5.75 Å². The summed E-state index contributed by atoms with van der Waals surface area (Å²) in [6.07, 6.45) is 3.82. The highest BCUT2D eigenvalue weighted by molar-refractivity contribution is 9.10. The van der Waals surface area contributed by atoms with Crippen LogP contribution in [0.15, 0.2) is 39.2 Å². The first-order valence-electron chi connectivity index (χ1n) is 10.3. The van der Waals surface area contributed by atoms with Crippen LogP contribution in [0.2, 0.25) is 5.02 Å². The molecule has 32 heavy (non-hydrogen) atoms. The van der Waals surface area contributed by atoms with Crippen molar-refractivity contribution in [3.05, 3.63) is 67.4 Å². The van der Waals surface area contributed by atoms with Crippen LogP contribution in [0.25, 0.3) is 0 Å². The summed E-state index contributed by atoms with van der Waals surface area (Å²) in [4.78, 5) is 26.5. The van der Waals surface area contributed by atoms with E-state index in [2.05, 4.69) is 21.2 Å². The second-order valence-electron chi connectivity index (χ2n) is 7.22. The van der Waals surface area contributed by atoms with E-state index in [9.17, 15) is 9.59 Å². The molecule has 0 saturated carbocycles. The SMILES string of the molecule is CCOC(=O)c1c(NC(=O)c2ccc(COc3ccc(Br)cc3Cl)o2)sc2c1CCCC2. The zero-order chi connectivity index (χ0) is 22.7. The molecular weight excluding hydrogens is 518 g/mol. The molecule has 0 fully saturated rings. The minimum absolute atomic E-state index is 0.121. The normalized spacial score (nSPS) is 12.8. The lowest BCUT2D eigenvalue weighted by Gasteiger charge is -2.12. The smallest absolute Gasteiger partial charge is 0.341 e. The Hall–Kier alpha value is -2.29. The molecule has 2 heterocycles. The molecule has 9 heteroatoms. The van der Waals surface area contributed by atoms with Gasteiger partial charge in [0.25, 0.3) is 5.91 Å². The van der Waals surface area contributed by atoms with Crippen molar-refractivity contribution in [1.29, 1.82) is 0 Å². The fourth-order valence-electron chi connectivity index (χ4n) is 3.56. The Labute approximate surface area is 203 Å². The number of ether oxygens (including phenoxy) is 2. The highest BCUT2D eigenvalue weighted by Crippen LogP contribution is 2.39. The summed E-state index contributed by atoms with van der Waals surface area (Å²) in [6, 6.07) is 8.56. The van der Waals surface area contributed by atoms with Crippen molar-refractivity contribution in [2.24, 2.45) is 0 Å². The van der Waals surface area contributed by atoms with Gasteiger partial charge in [-0.1, -0.05) is 27.5 Å². The first-order chi connectivity index (χ1) is 15.5. The number of aryl methyl sites for hydroxylation is 1. The van der Waals surface area contributed by atoms with Crippen molar-refractivity contribution in [3.63, 3.8) is 0 Å². The number of carbonyl (C=O) groups excluding carboxylic acids is 2. The Balaban J connectivity index is 1.47. The van der Waals surface area contributed by atoms with Gasteiger partial charge in [0.1, 0.15) is 23.1 Å². The maximum absolute atomic E-state index is 12.8. The van der Waals surface area contributed by atoms with Crippen LogP contribution in [0, 0.1) is 0 Å². The zero-order valence-corrected chi connectivity index (χ0v) is 20.5. The summed E-state index contributed by atoms with van der Waals surface area (Å²) in [5.74, 6) is 0.293. The van der Waals surface area contributed by atoms with Crippen LogP contribution in [0.3, 0.4) is 0 Å². The molecule has 6 nitrogen and oxygen atoms in total. The monoisotopic (exact) mass is 537 g/mol. The Morgan fingerprint density at radius 1 is 1.22 bits per heavy atom. The van der Waals surface area contributed by atoms with Crippen molar-refractivity contribution in [2.75, 3.05) is 11.9 Å². The van der Waals surface area contributed by atoms with E-state index in [0.29, 0.717) is 27.1 Å². The molecule has 0 spiro atoms. The van der Waals surface area contributed by atoms with Crippen molar-refractivity contribution < 1.29 is 23.5 Å². The lowest BCUT2D eigenvalue weighted by molar-refractivity contribution is 0.0526. The number of nitrogens with one attached hydrogen (secondary N) is 1. The number of hydrogen-bond acceptors (Lipinski definition) is 6. The standard InChI is InChI=1S/C23H21BrClNO5S/c1-2-29-23(28)20-15-5-3-4-6-19(15)32-22(20)26-21(27)18-10-8-14(31-18)12-30-17-9-7-13(24)11-16(17)25/h7-11H,2-6,12H2,1H3,(H,26,27). The lowest BCUT2D eigenvalue weighted by atomic mass is 9.95. The van der Waals surface area contributed by atoms with Crippen molar-refractivity contribution in [2.45, 2.75) is 39.2 Å². The van der Waals surface area contributed by atoms with Crippen molar-refractivity contribution >= 4 is 55.7 Å². The summed E-state index contributed by atoms with van der Waals surface area (Å²) >= 11 is 10.9. The molecular formula is C23H21BrClNO5S. The second kappa shape index (κ2) is 10.1. The van der Waals surface area contributed by atoms with E-state index in [1.165, 1.54) is 11.3 Å². The van der Waals surface area contributed by atoms with E-state index >= 15 is 0 Å². The van der Waals surface area contributed by atoms with Crippen molar-refractivity contribution in [3.8, 4) is 5.75 Å². The summed E-state index contributed by atoms with van der Waals surface area (Å²) in [5.41, 5.74) is 1.47. The third kappa shape index (κ3) is 5.03. The van der Waals surface area contributed by atoms with E-state index in [0.717, 1.165) is 40.6 Å². The highest BCUT2D eigenvalue weighted by atomic mass is 79.9. The number of esters is 1. The van der Waals surface area contributed by atoms with E-state index in [-0.39, 0.29) is 19.0 Å². The topological polar surface area (TPSA) is 77.8 Å². The Kier molecular flexibility index (Phi) is 7.23. The molecule has 168 valence electrons. The van der Waals surface area contributed by atoms with E-state index < -0.39 is 11.9 Å². The number of hydrogen-bond donors (Lipinski definition) is 1. The molecule has 0 unspecified atom stereocenters. The number of carbonyl (C=O) groups is 2. The molecule has 2 aromatic heterocycles. The predicted molar refractivity (Wildman–Crippen MR) is 127 cm³/mol. The Bertz CT molecular complexity index is 1160. The number of anilines is 1. The average molecular weight is 539 g/mol. The third-order valence-electron chi connectivity index (χ3n) is 5.03. The zero-order valence-electron chi connectivity index (χ0n) is 17.3. The molecule has 0 saturated heterocycles. The summed E-state index contributed by atoms with van der Waals surface area (Å²) in [7, 11) is 0. The number of thiophene rings is 1. The molecule has 3 aromatic rings. The maximum Gasteiger partial charge on any atom is 0.341 e. The van der Waals surface area contributed by atoms with Gasteiger partial charge >= 0.3 is 5.97 Å². The average Bonchev–Trinajstić information content (AvgIpc) is 3.37. The van der Waals surface area contributed by atoms with E-state index in [4.69, 9.17) is 25.5 Å². The molecule has 0 atom stereocenters. The van der Waals surface area contributed by atoms with Gasteiger partial charge in [-0.05, 0) is 68.5 Å². The predicted octanol–water partition coefficient (Wildman–Crippen LogP) is 6.64. The second-order valence-corrected chi connectivity index (χ2v) is 9.65. The first kappa shape index (κ1) is 22.9. The number of benzene rings is 1. The van der Waals surface area contributed by atoms with Gasteiger partial charge in [-0.25, -0.2) is 4.79 Å². The minimum atomic E-state index is -0.429. The Morgan fingerprint density at radius 2 is 2.03 bits per heavy atom. The van der Waals surface area contributed by atoms with Gasteiger partial charge in [0, 0.05) is 9.35 Å². The number of fused-ring (bicyclic) bond motifs is 1. The third-order valence-corrected chi connectivity index (χ3v) is 7.02. The number of halogens is 2. The fourth-order valence-corrected chi connectivity index (χ4v) is 5.56. The number of amides is 1. The molecule has 1 amide bonds. The molecule has 1 aliphatic carbocycles. The Morgan fingerprint density at radius 3 is 2.81 bits per heavy atom.